The summed E-state index contributed by atoms with van der Waals surface area (Å²) >= 11 is 1.78. The molecule has 0 saturated carbocycles. The highest BCUT2D eigenvalue weighted by Gasteiger charge is 2.01. The molecule has 2 aromatic heterocycles. The molecule has 0 fully saturated rings. The van der Waals surface area contributed by atoms with Gasteiger partial charge in [0, 0.05) is 16.3 Å². The first-order valence-electron chi connectivity index (χ1n) is 4.42. The van der Waals surface area contributed by atoms with Gasteiger partial charge in [0.1, 0.15) is 0 Å². The second-order valence-corrected chi connectivity index (χ2v) is 4.50. The maximum atomic E-state index is 5.45. The zero-order chi connectivity index (χ0) is 9.97. The number of thiophene rings is 1. The molecule has 14 heavy (non-hydrogen) atoms. The van der Waals surface area contributed by atoms with Crippen LogP contribution in [0, 0.1) is 6.92 Å². The lowest BCUT2D eigenvalue weighted by Crippen LogP contribution is -1.98. The molecule has 5 heteroatoms. The third-order valence-corrected chi connectivity index (χ3v) is 2.89. The summed E-state index contributed by atoms with van der Waals surface area (Å²) in [5, 5.41) is 7.92. The molecule has 4 nitrogen and oxygen atoms in total. The summed E-state index contributed by atoms with van der Waals surface area (Å²) < 4.78 is 1.81. The number of hydrogen-bond donors (Lipinski definition) is 1. The van der Waals surface area contributed by atoms with E-state index >= 15 is 0 Å². The maximum absolute atomic E-state index is 5.45. The number of aromatic nitrogens is 3. The van der Waals surface area contributed by atoms with Crippen molar-refractivity contribution in [2.24, 2.45) is 5.73 Å². The molecule has 0 unspecified atom stereocenters. The predicted molar refractivity (Wildman–Crippen MR) is 56.1 cm³/mol. The lowest BCUT2D eigenvalue weighted by molar-refractivity contribution is 0.655. The molecule has 74 valence electrons. The van der Waals surface area contributed by atoms with Crippen LogP contribution in [0.25, 0.3) is 0 Å². The molecule has 2 heterocycles. The van der Waals surface area contributed by atoms with Gasteiger partial charge in [-0.05, 0) is 19.1 Å². The maximum Gasteiger partial charge on any atom is 0.0962 e. The van der Waals surface area contributed by atoms with Crippen LogP contribution in [0.2, 0.25) is 0 Å². The Kier molecular flexibility index (Phi) is 2.60. The van der Waals surface area contributed by atoms with E-state index in [2.05, 4.69) is 29.4 Å². The van der Waals surface area contributed by atoms with Crippen molar-refractivity contribution in [3.8, 4) is 0 Å². The molecule has 2 aromatic rings. The molecular weight excluding hydrogens is 196 g/mol. The monoisotopic (exact) mass is 208 g/mol. The molecule has 0 atom stereocenters. The zero-order valence-electron chi connectivity index (χ0n) is 7.97. The normalized spacial score (nSPS) is 10.7. The lowest BCUT2D eigenvalue weighted by atomic mass is 10.4. The highest BCUT2D eigenvalue weighted by atomic mass is 32.1. The van der Waals surface area contributed by atoms with Gasteiger partial charge >= 0.3 is 0 Å². The zero-order valence-corrected chi connectivity index (χ0v) is 8.79. The van der Waals surface area contributed by atoms with Crippen LogP contribution in [0.15, 0.2) is 18.3 Å². The average molecular weight is 208 g/mol. The minimum atomic E-state index is 0.448. The van der Waals surface area contributed by atoms with E-state index < -0.39 is 0 Å². The van der Waals surface area contributed by atoms with Crippen LogP contribution in [0.3, 0.4) is 0 Å². The first-order chi connectivity index (χ1) is 6.78. The van der Waals surface area contributed by atoms with E-state index in [1.165, 1.54) is 9.75 Å². The molecule has 0 aromatic carbocycles. The van der Waals surface area contributed by atoms with Crippen molar-refractivity contribution in [1.29, 1.82) is 0 Å². The fourth-order valence-electron chi connectivity index (χ4n) is 1.24. The molecule has 2 N–H and O–H groups in total. The van der Waals surface area contributed by atoms with E-state index in [0.717, 1.165) is 12.2 Å². The fraction of sp³-hybridized carbons (Fsp3) is 0.333. The van der Waals surface area contributed by atoms with Crippen molar-refractivity contribution in [1.82, 2.24) is 15.0 Å². The Morgan fingerprint density at radius 1 is 1.50 bits per heavy atom. The first-order valence-corrected chi connectivity index (χ1v) is 5.24. The number of rotatable bonds is 3. The summed E-state index contributed by atoms with van der Waals surface area (Å²) in [7, 11) is 0. The second kappa shape index (κ2) is 3.89. The smallest absolute Gasteiger partial charge is 0.0962 e. The van der Waals surface area contributed by atoms with E-state index in [9.17, 15) is 0 Å². The van der Waals surface area contributed by atoms with Gasteiger partial charge in [-0.1, -0.05) is 5.21 Å². The molecule has 0 aliphatic heterocycles. The third kappa shape index (κ3) is 2.00. The van der Waals surface area contributed by atoms with Crippen LogP contribution < -0.4 is 5.73 Å². The molecule has 2 rings (SSSR count). The minimum absolute atomic E-state index is 0.448. The van der Waals surface area contributed by atoms with Gasteiger partial charge in [0.15, 0.2) is 0 Å². The summed E-state index contributed by atoms with van der Waals surface area (Å²) in [6.07, 6.45) is 1.88. The summed E-state index contributed by atoms with van der Waals surface area (Å²) in [5.41, 5.74) is 6.28. The highest BCUT2D eigenvalue weighted by molar-refractivity contribution is 7.11. The summed E-state index contributed by atoms with van der Waals surface area (Å²) in [6.45, 7) is 3.33. The average Bonchev–Trinajstić information content (AvgIpc) is 2.76. The molecule has 0 aliphatic rings. The standard InChI is InChI=1S/C9H12N4S/c1-7-2-3-9(14-7)6-13-5-8(4-10)11-12-13/h2-3,5H,4,6,10H2,1H3. The molecule has 0 amide bonds. The quantitative estimate of drug-likeness (QED) is 0.823. The van der Waals surface area contributed by atoms with Crippen molar-refractivity contribution in [2.45, 2.75) is 20.0 Å². The highest BCUT2D eigenvalue weighted by Crippen LogP contribution is 2.15. The predicted octanol–water partition coefficient (Wildman–Crippen LogP) is 1.16. The van der Waals surface area contributed by atoms with Gasteiger partial charge in [-0.3, -0.25) is 0 Å². The van der Waals surface area contributed by atoms with Gasteiger partial charge in [-0.15, -0.1) is 16.4 Å². The Morgan fingerprint density at radius 3 is 2.93 bits per heavy atom. The van der Waals surface area contributed by atoms with Crippen LogP contribution in [0.1, 0.15) is 15.4 Å². The summed E-state index contributed by atoms with van der Waals surface area (Å²) in [6, 6.07) is 4.23. The molecule has 0 aliphatic carbocycles. The van der Waals surface area contributed by atoms with E-state index in [4.69, 9.17) is 5.73 Å². The number of hydrogen-bond acceptors (Lipinski definition) is 4. The van der Waals surface area contributed by atoms with Gasteiger partial charge < -0.3 is 5.73 Å². The largest absolute Gasteiger partial charge is 0.325 e. The SMILES string of the molecule is Cc1ccc(Cn2cc(CN)nn2)s1. The molecular formula is C9H12N4S. The summed E-state index contributed by atoms with van der Waals surface area (Å²) in [5.74, 6) is 0. The van der Waals surface area contributed by atoms with Crippen LogP contribution in [-0.2, 0) is 13.1 Å². The number of nitrogens with two attached hydrogens (primary N) is 1. The van der Waals surface area contributed by atoms with Crippen molar-refractivity contribution < 1.29 is 0 Å². The van der Waals surface area contributed by atoms with Gasteiger partial charge in [0.25, 0.3) is 0 Å². The van der Waals surface area contributed by atoms with Crippen LogP contribution in [-0.4, -0.2) is 15.0 Å². The fourth-order valence-corrected chi connectivity index (χ4v) is 2.12. The van der Waals surface area contributed by atoms with Crippen LogP contribution in [0.4, 0.5) is 0 Å². The Morgan fingerprint density at radius 2 is 2.36 bits per heavy atom. The van der Waals surface area contributed by atoms with Gasteiger partial charge in [0.2, 0.25) is 0 Å². The van der Waals surface area contributed by atoms with Crippen molar-refractivity contribution >= 4 is 11.3 Å². The van der Waals surface area contributed by atoms with Crippen molar-refractivity contribution in [3.63, 3.8) is 0 Å². The molecule has 0 radical (unpaired) electrons. The first kappa shape index (κ1) is 9.36. The second-order valence-electron chi connectivity index (χ2n) is 3.12. The van der Waals surface area contributed by atoms with Crippen molar-refractivity contribution in [2.75, 3.05) is 0 Å². The van der Waals surface area contributed by atoms with Gasteiger partial charge in [-0.2, -0.15) is 0 Å². The third-order valence-electron chi connectivity index (χ3n) is 1.91. The van der Waals surface area contributed by atoms with E-state index in [-0.39, 0.29) is 0 Å². The Labute approximate surface area is 86.4 Å². The molecule has 0 bridgehead atoms. The summed E-state index contributed by atoms with van der Waals surface area (Å²) in [4.78, 5) is 2.61. The topological polar surface area (TPSA) is 56.7 Å². The van der Waals surface area contributed by atoms with Crippen molar-refractivity contribution in [3.05, 3.63) is 33.8 Å². The Hall–Kier alpha value is -1.20. The van der Waals surface area contributed by atoms with E-state index in [1.807, 2.05) is 10.9 Å². The minimum Gasteiger partial charge on any atom is -0.325 e. The van der Waals surface area contributed by atoms with Crippen LogP contribution >= 0.6 is 11.3 Å². The molecule has 0 saturated heterocycles. The Balaban J connectivity index is 2.10. The van der Waals surface area contributed by atoms with Crippen LogP contribution in [0.5, 0.6) is 0 Å². The van der Waals surface area contributed by atoms with Gasteiger partial charge in [0.05, 0.1) is 18.4 Å². The lowest BCUT2D eigenvalue weighted by Gasteiger charge is -1.94. The Bertz CT molecular complexity index is 418. The number of nitrogens with zero attached hydrogens (tertiary/aromatic N) is 3. The van der Waals surface area contributed by atoms with Gasteiger partial charge in [-0.25, -0.2) is 4.68 Å². The van der Waals surface area contributed by atoms with E-state index in [0.29, 0.717) is 6.54 Å². The molecule has 0 spiro atoms. The van der Waals surface area contributed by atoms with E-state index in [1.54, 1.807) is 11.3 Å². The number of aryl methyl sites for hydroxylation is 1.